The minimum Gasteiger partial charge on any atom is -0.325 e. The molecular formula is C16H17FN2O3. The predicted octanol–water partition coefficient (Wildman–Crippen LogP) is 1.94. The van der Waals surface area contributed by atoms with Crippen molar-refractivity contribution in [3.8, 4) is 0 Å². The van der Waals surface area contributed by atoms with E-state index in [0.29, 0.717) is 5.69 Å². The summed E-state index contributed by atoms with van der Waals surface area (Å²) in [5.41, 5.74) is 0.433. The van der Waals surface area contributed by atoms with E-state index >= 15 is 0 Å². The Morgan fingerprint density at radius 3 is 2.18 bits per heavy atom. The van der Waals surface area contributed by atoms with E-state index < -0.39 is 11.7 Å². The number of anilines is 1. The molecule has 2 fully saturated rings. The minimum absolute atomic E-state index is 0.232. The summed E-state index contributed by atoms with van der Waals surface area (Å²) in [5, 5.41) is 2.57. The third-order valence-corrected chi connectivity index (χ3v) is 4.36. The number of rotatable bonds is 3. The van der Waals surface area contributed by atoms with E-state index in [-0.39, 0.29) is 30.2 Å². The van der Waals surface area contributed by atoms with Gasteiger partial charge in [0.15, 0.2) is 0 Å². The van der Waals surface area contributed by atoms with Crippen molar-refractivity contribution in [2.75, 3.05) is 11.9 Å². The fourth-order valence-electron chi connectivity index (χ4n) is 3.26. The number of hydrogen-bond donors (Lipinski definition) is 1. The van der Waals surface area contributed by atoms with Gasteiger partial charge in [-0.3, -0.25) is 19.3 Å². The van der Waals surface area contributed by atoms with Crippen molar-refractivity contribution >= 4 is 23.4 Å². The zero-order valence-electron chi connectivity index (χ0n) is 12.0. The quantitative estimate of drug-likeness (QED) is 0.868. The van der Waals surface area contributed by atoms with E-state index in [4.69, 9.17) is 0 Å². The van der Waals surface area contributed by atoms with Gasteiger partial charge < -0.3 is 5.32 Å². The number of imide groups is 1. The molecule has 6 heteroatoms. The van der Waals surface area contributed by atoms with Crippen molar-refractivity contribution < 1.29 is 18.8 Å². The molecule has 1 aromatic carbocycles. The lowest BCUT2D eigenvalue weighted by Gasteiger charge is -2.19. The van der Waals surface area contributed by atoms with Gasteiger partial charge in [0.05, 0.1) is 11.8 Å². The van der Waals surface area contributed by atoms with Crippen LogP contribution in [0.3, 0.4) is 0 Å². The maximum Gasteiger partial charge on any atom is 0.244 e. The van der Waals surface area contributed by atoms with E-state index in [1.165, 1.54) is 24.3 Å². The van der Waals surface area contributed by atoms with Crippen LogP contribution in [0.2, 0.25) is 0 Å². The molecule has 0 bridgehead atoms. The van der Waals surface area contributed by atoms with Gasteiger partial charge in [-0.05, 0) is 37.1 Å². The highest BCUT2D eigenvalue weighted by atomic mass is 19.1. The molecule has 5 nitrogen and oxygen atoms in total. The zero-order chi connectivity index (χ0) is 15.7. The highest BCUT2D eigenvalue weighted by molar-refractivity contribution is 6.08. The second kappa shape index (κ2) is 5.87. The molecule has 1 saturated carbocycles. The molecule has 2 atom stereocenters. The monoisotopic (exact) mass is 304 g/mol. The Morgan fingerprint density at radius 1 is 1.09 bits per heavy atom. The SMILES string of the molecule is O=C(CN1C(=O)C2CCCCC2C1=O)Nc1ccc(F)cc1. The van der Waals surface area contributed by atoms with Crippen molar-refractivity contribution in [1.29, 1.82) is 0 Å². The number of likely N-dealkylation sites (tertiary alicyclic amines) is 1. The lowest BCUT2D eigenvalue weighted by atomic mass is 9.81. The molecule has 1 saturated heterocycles. The summed E-state index contributed by atoms with van der Waals surface area (Å²) < 4.78 is 12.8. The summed E-state index contributed by atoms with van der Waals surface area (Å²) in [6.07, 6.45) is 3.36. The second-order valence-electron chi connectivity index (χ2n) is 5.82. The van der Waals surface area contributed by atoms with Gasteiger partial charge >= 0.3 is 0 Å². The Hall–Kier alpha value is -2.24. The molecule has 116 valence electrons. The largest absolute Gasteiger partial charge is 0.325 e. The molecule has 22 heavy (non-hydrogen) atoms. The molecule has 0 spiro atoms. The average molecular weight is 304 g/mol. The van der Waals surface area contributed by atoms with Crippen LogP contribution in [0.1, 0.15) is 25.7 Å². The number of halogens is 1. The molecular weight excluding hydrogens is 287 g/mol. The highest BCUT2D eigenvalue weighted by Crippen LogP contribution is 2.37. The number of carbonyl (C=O) groups is 3. The topological polar surface area (TPSA) is 66.5 Å². The number of fused-ring (bicyclic) bond motifs is 1. The van der Waals surface area contributed by atoms with Crippen LogP contribution in [0.4, 0.5) is 10.1 Å². The molecule has 3 amide bonds. The molecule has 3 rings (SSSR count). The van der Waals surface area contributed by atoms with Crippen molar-refractivity contribution in [2.24, 2.45) is 11.8 Å². The number of carbonyl (C=O) groups excluding carboxylic acids is 3. The standard InChI is InChI=1S/C16H17FN2O3/c17-10-5-7-11(8-6-10)18-14(20)9-19-15(21)12-3-1-2-4-13(12)16(19)22/h5-8,12-13H,1-4,9H2,(H,18,20). The first kappa shape index (κ1) is 14.7. The van der Waals surface area contributed by atoms with Crippen LogP contribution < -0.4 is 5.32 Å². The smallest absolute Gasteiger partial charge is 0.244 e. The van der Waals surface area contributed by atoms with Crippen LogP contribution in [0, 0.1) is 17.7 Å². The fourth-order valence-corrected chi connectivity index (χ4v) is 3.26. The van der Waals surface area contributed by atoms with E-state index in [2.05, 4.69) is 5.32 Å². The van der Waals surface area contributed by atoms with Crippen LogP contribution in [-0.2, 0) is 14.4 Å². The van der Waals surface area contributed by atoms with Gasteiger partial charge in [-0.15, -0.1) is 0 Å². The van der Waals surface area contributed by atoms with Crippen molar-refractivity contribution in [3.63, 3.8) is 0 Å². The van der Waals surface area contributed by atoms with Gasteiger partial charge in [-0.25, -0.2) is 4.39 Å². The number of amides is 3. The van der Waals surface area contributed by atoms with Gasteiger partial charge in [0.1, 0.15) is 12.4 Å². The molecule has 1 N–H and O–H groups in total. The van der Waals surface area contributed by atoms with E-state index in [9.17, 15) is 18.8 Å². The van der Waals surface area contributed by atoms with Crippen LogP contribution in [0.15, 0.2) is 24.3 Å². The Bertz CT molecular complexity index is 590. The molecule has 1 aliphatic carbocycles. The molecule has 2 aliphatic rings. The minimum atomic E-state index is -0.452. The third-order valence-electron chi connectivity index (χ3n) is 4.36. The molecule has 1 heterocycles. The maximum atomic E-state index is 12.8. The van der Waals surface area contributed by atoms with Gasteiger partial charge in [0.25, 0.3) is 0 Å². The first-order valence-electron chi connectivity index (χ1n) is 7.47. The van der Waals surface area contributed by atoms with E-state index in [1.54, 1.807) is 0 Å². The first-order chi connectivity index (χ1) is 10.6. The number of benzene rings is 1. The molecule has 1 aromatic rings. The van der Waals surface area contributed by atoms with E-state index in [0.717, 1.165) is 30.6 Å². The number of hydrogen-bond acceptors (Lipinski definition) is 3. The lowest BCUT2D eigenvalue weighted by Crippen LogP contribution is -2.38. The normalized spacial score (nSPS) is 24.3. The number of nitrogens with one attached hydrogen (secondary N) is 1. The summed E-state index contributed by atoms with van der Waals surface area (Å²) in [5.74, 6) is -1.81. The van der Waals surface area contributed by atoms with E-state index in [1.807, 2.05) is 0 Å². The fraction of sp³-hybridized carbons (Fsp3) is 0.438. The van der Waals surface area contributed by atoms with Gasteiger partial charge in [0.2, 0.25) is 17.7 Å². The number of nitrogens with zero attached hydrogens (tertiary/aromatic N) is 1. The Kier molecular flexibility index (Phi) is 3.92. The second-order valence-corrected chi connectivity index (χ2v) is 5.82. The van der Waals surface area contributed by atoms with Crippen molar-refractivity contribution in [2.45, 2.75) is 25.7 Å². The van der Waals surface area contributed by atoms with Crippen molar-refractivity contribution in [1.82, 2.24) is 4.90 Å². The van der Waals surface area contributed by atoms with Gasteiger partial charge in [-0.1, -0.05) is 12.8 Å². The van der Waals surface area contributed by atoms with Gasteiger partial charge in [0, 0.05) is 5.69 Å². The van der Waals surface area contributed by atoms with Crippen LogP contribution in [0.25, 0.3) is 0 Å². The maximum absolute atomic E-state index is 12.8. The summed E-state index contributed by atoms with van der Waals surface area (Å²) in [7, 11) is 0. The third kappa shape index (κ3) is 2.73. The lowest BCUT2D eigenvalue weighted by molar-refractivity contribution is -0.142. The first-order valence-corrected chi connectivity index (χ1v) is 7.47. The average Bonchev–Trinajstić information content (AvgIpc) is 2.75. The van der Waals surface area contributed by atoms with Crippen LogP contribution >= 0.6 is 0 Å². The van der Waals surface area contributed by atoms with Crippen molar-refractivity contribution in [3.05, 3.63) is 30.1 Å². The summed E-state index contributed by atoms with van der Waals surface area (Å²) in [6, 6.07) is 5.33. The van der Waals surface area contributed by atoms with Crippen LogP contribution in [-0.4, -0.2) is 29.2 Å². The van der Waals surface area contributed by atoms with Gasteiger partial charge in [-0.2, -0.15) is 0 Å². The zero-order valence-corrected chi connectivity index (χ0v) is 12.0. The summed E-state index contributed by atoms with van der Waals surface area (Å²) in [6.45, 7) is -0.276. The Morgan fingerprint density at radius 2 is 1.64 bits per heavy atom. The van der Waals surface area contributed by atoms with Crippen LogP contribution in [0.5, 0.6) is 0 Å². The molecule has 0 aromatic heterocycles. The molecule has 1 aliphatic heterocycles. The Balaban J connectivity index is 1.64. The summed E-state index contributed by atoms with van der Waals surface area (Å²) in [4.78, 5) is 37.6. The molecule has 2 unspecified atom stereocenters. The predicted molar refractivity (Wildman–Crippen MR) is 77.2 cm³/mol. The highest BCUT2D eigenvalue weighted by Gasteiger charge is 2.48. The summed E-state index contributed by atoms with van der Waals surface area (Å²) >= 11 is 0. The Labute approximate surface area is 127 Å². The molecule has 0 radical (unpaired) electrons.